The zero-order chi connectivity index (χ0) is 16.1. The molecule has 23 heavy (non-hydrogen) atoms. The van der Waals surface area contributed by atoms with E-state index >= 15 is 0 Å². The molecule has 0 spiro atoms. The number of aryl methyl sites for hydroxylation is 1. The van der Waals surface area contributed by atoms with Gasteiger partial charge in [0.2, 0.25) is 0 Å². The van der Waals surface area contributed by atoms with Crippen molar-refractivity contribution in [1.82, 2.24) is 20.3 Å². The fourth-order valence-electron chi connectivity index (χ4n) is 3.55. The van der Waals surface area contributed by atoms with Crippen LogP contribution in [0.3, 0.4) is 0 Å². The molecular formula is C16H20N4O3. The molecule has 0 radical (unpaired) electrons. The number of aromatic amines is 1. The van der Waals surface area contributed by atoms with Crippen molar-refractivity contribution in [2.75, 3.05) is 6.54 Å². The molecule has 122 valence electrons. The van der Waals surface area contributed by atoms with Gasteiger partial charge in [-0.2, -0.15) is 5.10 Å². The number of H-pyrrole nitrogens is 1. The largest absolute Gasteiger partial charge is 0.369 e. The fourth-order valence-corrected chi connectivity index (χ4v) is 3.55. The van der Waals surface area contributed by atoms with Crippen LogP contribution in [0.2, 0.25) is 0 Å². The predicted octanol–water partition coefficient (Wildman–Crippen LogP) is 1.93. The monoisotopic (exact) mass is 316 g/mol. The van der Waals surface area contributed by atoms with Crippen molar-refractivity contribution >= 4 is 5.91 Å². The standard InChI is InChI=1S/C16H20N4O3/c1-8-6-12-14(10(3)22-8)17-18-15(12)16(21)20-5-4-11-9(2)19-23-13(11)7-20/h8,10H,4-7H2,1-3H3,(H,17,18)/t8-,10+/m1/s1. The molecule has 2 aliphatic rings. The molecule has 2 aliphatic heterocycles. The molecule has 7 nitrogen and oxygen atoms in total. The average Bonchev–Trinajstić information content (AvgIpc) is 3.10. The zero-order valence-electron chi connectivity index (χ0n) is 13.5. The lowest BCUT2D eigenvalue weighted by atomic mass is 9.98. The molecule has 2 atom stereocenters. The van der Waals surface area contributed by atoms with E-state index in [4.69, 9.17) is 9.26 Å². The van der Waals surface area contributed by atoms with Crippen molar-refractivity contribution < 1.29 is 14.1 Å². The van der Waals surface area contributed by atoms with Crippen LogP contribution in [0.25, 0.3) is 0 Å². The third kappa shape index (κ3) is 2.26. The van der Waals surface area contributed by atoms with Crippen molar-refractivity contribution in [2.24, 2.45) is 0 Å². The van der Waals surface area contributed by atoms with Gasteiger partial charge in [-0.3, -0.25) is 9.89 Å². The van der Waals surface area contributed by atoms with Gasteiger partial charge in [0.15, 0.2) is 11.5 Å². The number of carbonyl (C=O) groups excluding carboxylic acids is 1. The molecule has 0 saturated heterocycles. The number of ether oxygens (including phenoxy) is 1. The van der Waals surface area contributed by atoms with E-state index in [2.05, 4.69) is 15.4 Å². The van der Waals surface area contributed by atoms with E-state index in [1.54, 1.807) is 4.90 Å². The number of hydrogen-bond donors (Lipinski definition) is 1. The van der Waals surface area contributed by atoms with Gasteiger partial charge in [-0.05, 0) is 27.2 Å². The van der Waals surface area contributed by atoms with E-state index in [1.165, 1.54) is 0 Å². The fraction of sp³-hybridized carbons (Fsp3) is 0.562. The van der Waals surface area contributed by atoms with Gasteiger partial charge >= 0.3 is 0 Å². The van der Waals surface area contributed by atoms with Crippen LogP contribution in [-0.2, 0) is 24.1 Å². The van der Waals surface area contributed by atoms with E-state index in [9.17, 15) is 4.79 Å². The molecule has 4 heterocycles. The topological polar surface area (TPSA) is 84.3 Å². The van der Waals surface area contributed by atoms with Gasteiger partial charge in [-0.15, -0.1) is 0 Å². The Balaban J connectivity index is 1.61. The Kier molecular flexibility index (Phi) is 3.26. The Morgan fingerprint density at radius 2 is 2.17 bits per heavy atom. The molecule has 0 unspecified atom stereocenters. The van der Waals surface area contributed by atoms with Gasteiger partial charge in [0, 0.05) is 24.1 Å². The van der Waals surface area contributed by atoms with Gasteiger partial charge in [-0.1, -0.05) is 5.16 Å². The molecule has 0 aromatic carbocycles. The molecule has 2 aromatic rings. The predicted molar refractivity (Wildman–Crippen MR) is 80.9 cm³/mol. The molecule has 0 saturated carbocycles. The van der Waals surface area contributed by atoms with Crippen LogP contribution in [0.5, 0.6) is 0 Å². The molecule has 1 amide bonds. The Morgan fingerprint density at radius 3 is 3.00 bits per heavy atom. The molecule has 0 aliphatic carbocycles. The highest BCUT2D eigenvalue weighted by molar-refractivity contribution is 5.94. The van der Waals surface area contributed by atoms with Gasteiger partial charge in [-0.25, -0.2) is 0 Å². The highest BCUT2D eigenvalue weighted by Gasteiger charge is 2.33. The summed E-state index contributed by atoms with van der Waals surface area (Å²) in [5.74, 6) is 0.736. The maximum atomic E-state index is 12.9. The third-order valence-electron chi connectivity index (χ3n) is 4.76. The Hall–Kier alpha value is -2.15. The van der Waals surface area contributed by atoms with Crippen LogP contribution in [0.15, 0.2) is 4.52 Å². The van der Waals surface area contributed by atoms with Crippen molar-refractivity contribution in [3.05, 3.63) is 34.0 Å². The first-order valence-electron chi connectivity index (χ1n) is 8.00. The van der Waals surface area contributed by atoms with Gasteiger partial charge < -0.3 is 14.2 Å². The van der Waals surface area contributed by atoms with E-state index in [0.717, 1.165) is 34.7 Å². The number of nitrogens with one attached hydrogen (secondary N) is 1. The second-order valence-corrected chi connectivity index (χ2v) is 6.40. The van der Waals surface area contributed by atoms with Crippen LogP contribution in [0, 0.1) is 6.92 Å². The summed E-state index contributed by atoms with van der Waals surface area (Å²) in [5, 5.41) is 11.3. The van der Waals surface area contributed by atoms with Crippen LogP contribution < -0.4 is 0 Å². The van der Waals surface area contributed by atoms with E-state index in [-0.39, 0.29) is 18.1 Å². The average molecular weight is 316 g/mol. The highest BCUT2D eigenvalue weighted by Crippen LogP contribution is 2.31. The van der Waals surface area contributed by atoms with Crippen molar-refractivity contribution in [3.8, 4) is 0 Å². The van der Waals surface area contributed by atoms with Gasteiger partial charge in [0.1, 0.15) is 0 Å². The first-order chi connectivity index (χ1) is 11.0. The van der Waals surface area contributed by atoms with Crippen molar-refractivity contribution in [1.29, 1.82) is 0 Å². The lowest BCUT2D eigenvalue weighted by Gasteiger charge is -2.27. The number of rotatable bonds is 1. The number of nitrogens with zero attached hydrogens (tertiary/aromatic N) is 3. The van der Waals surface area contributed by atoms with Crippen LogP contribution in [-0.4, -0.2) is 38.8 Å². The van der Waals surface area contributed by atoms with E-state index in [1.807, 2.05) is 20.8 Å². The quantitative estimate of drug-likeness (QED) is 0.869. The minimum Gasteiger partial charge on any atom is -0.369 e. The highest BCUT2D eigenvalue weighted by atomic mass is 16.5. The molecule has 1 N–H and O–H groups in total. The maximum absolute atomic E-state index is 12.9. The second kappa shape index (κ2) is 5.19. The number of amides is 1. The Bertz CT molecular complexity index is 763. The van der Waals surface area contributed by atoms with Gasteiger partial charge in [0.05, 0.1) is 30.1 Å². The summed E-state index contributed by atoms with van der Waals surface area (Å²) in [5.41, 5.74) is 4.47. The molecular weight excluding hydrogens is 296 g/mol. The van der Waals surface area contributed by atoms with Crippen molar-refractivity contribution in [2.45, 2.75) is 52.4 Å². The summed E-state index contributed by atoms with van der Waals surface area (Å²) in [6.07, 6.45) is 1.51. The van der Waals surface area contributed by atoms with Gasteiger partial charge in [0.25, 0.3) is 5.91 Å². The first kappa shape index (κ1) is 14.4. The van der Waals surface area contributed by atoms with E-state index < -0.39 is 0 Å². The maximum Gasteiger partial charge on any atom is 0.275 e. The van der Waals surface area contributed by atoms with Crippen molar-refractivity contribution in [3.63, 3.8) is 0 Å². The molecule has 7 heteroatoms. The van der Waals surface area contributed by atoms with Crippen LogP contribution in [0.4, 0.5) is 0 Å². The number of fused-ring (bicyclic) bond motifs is 2. The summed E-state index contributed by atoms with van der Waals surface area (Å²) in [4.78, 5) is 14.7. The second-order valence-electron chi connectivity index (χ2n) is 6.40. The van der Waals surface area contributed by atoms with Crippen LogP contribution in [0.1, 0.15) is 58.7 Å². The summed E-state index contributed by atoms with van der Waals surface area (Å²) in [6.45, 7) is 7.05. The molecule has 2 aromatic heterocycles. The summed E-state index contributed by atoms with van der Waals surface area (Å²) < 4.78 is 11.1. The van der Waals surface area contributed by atoms with E-state index in [0.29, 0.717) is 25.2 Å². The summed E-state index contributed by atoms with van der Waals surface area (Å²) in [6, 6.07) is 0. The lowest BCUT2D eigenvalue weighted by Crippen LogP contribution is -2.36. The number of carbonyl (C=O) groups is 1. The molecule has 0 bridgehead atoms. The Morgan fingerprint density at radius 1 is 1.35 bits per heavy atom. The normalized spacial score (nSPS) is 23.5. The first-order valence-corrected chi connectivity index (χ1v) is 8.00. The number of hydrogen-bond acceptors (Lipinski definition) is 5. The minimum absolute atomic E-state index is 0.0523. The molecule has 0 fully saturated rings. The van der Waals surface area contributed by atoms with Crippen LogP contribution >= 0.6 is 0 Å². The number of aromatic nitrogens is 3. The summed E-state index contributed by atoms with van der Waals surface area (Å²) >= 11 is 0. The summed E-state index contributed by atoms with van der Waals surface area (Å²) in [7, 11) is 0. The lowest BCUT2D eigenvalue weighted by molar-refractivity contribution is -0.00703. The third-order valence-corrected chi connectivity index (χ3v) is 4.76. The Labute approximate surface area is 134 Å². The molecule has 4 rings (SSSR count). The minimum atomic E-state index is -0.0623. The zero-order valence-corrected chi connectivity index (χ0v) is 13.5. The smallest absolute Gasteiger partial charge is 0.275 e. The SMILES string of the molecule is Cc1noc2c1CCN(C(=O)c1n[nH]c3c1C[C@@H](C)O[C@H]3C)C2.